The first-order chi connectivity index (χ1) is 17.2. The first-order valence-corrected chi connectivity index (χ1v) is 12.5. The molecule has 2 aliphatic heterocycles. The van der Waals surface area contributed by atoms with Crippen LogP contribution in [-0.4, -0.2) is 65.0 Å². The van der Waals surface area contributed by atoms with Crippen LogP contribution in [-0.2, 0) is 16.0 Å². The van der Waals surface area contributed by atoms with Gasteiger partial charge in [-0.2, -0.15) is 0 Å². The monoisotopic (exact) mass is 496 g/mol. The van der Waals surface area contributed by atoms with Crippen molar-refractivity contribution in [3.63, 3.8) is 0 Å². The molecule has 2 aliphatic rings. The molecule has 2 fully saturated rings. The maximum Gasteiger partial charge on any atom is 0.341 e. The lowest BCUT2D eigenvalue weighted by Crippen LogP contribution is -2.47. The Kier molecular flexibility index (Phi) is 7.62. The molecule has 36 heavy (non-hydrogen) atoms. The normalized spacial score (nSPS) is 19.2. The van der Waals surface area contributed by atoms with Gasteiger partial charge in [0.25, 0.3) is 5.91 Å². The number of para-hydroxylation sites is 1. The molecule has 192 valence electrons. The third-order valence-electron chi connectivity index (χ3n) is 7.18. The number of piperidine rings is 1. The van der Waals surface area contributed by atoms with Crippen LogP contribution >= 0.6 is 0 Å². The summed E-state index contributed by atoms with van der Waals surface area (Å²) >= 11 is 0. The van der Waals surface area contributed by atoms with Crippen LogP contribution in [0.4, 0.5) is 4.39 Å². The summed E-state index contributed by atoms with van der Waals surface area (Å²) in [7, 11) is 0. The zero-order valence-electron chi connectivity index (χ0n) is 20.8. The molecule has 7 nitrogen and oxygen atoms in total. The summed E-state index contributed by atoms with van der Waals surface area (Å²) in [5.41, 5.74) is 0.672. The first kappa shape index (κ1) is 25.7. The fourth-order valence-electron chi connectivity index (χ4n) is 5.50. The van der Waals surface area contributed by atoms with Gasteiger partial charge in [0.1, 0.15) is 11.6 Å². The Morgan fingerprint density at radius 1 is 1.14 bits per heavy atom. The summed E-state index contributed by atoms with van der Waals surface area (Å²) in [6.07, 6.45) is 2.41. The van der Waals surface area contributed by atoms with Gasteiger partial charge in [-0.15, -0.1) is 0 Å². The fraction of sp³-hybridized carbons (Fsp3) is 0.464. The Hall–Kier alpha value is -3.42. The zero-order valence-corrected chi connectivity index (χ0v) is 20.8. The molecule has 2 aromatic carbocycles. The van der Waals surface area contributed by atoms with Gasteiger partial charge in [0, 0.05) is 25.7 Å². The summed E-state index contributed by atoms with van der Waals surface area (Å²) in [6, 6.07) is 13.2. The van der Waals surface area contributed by atoms with Crippen LogP contribution in [0.3, 0.4) is 0 Å². The SMILES string of the molecule is CC(C)CN1C(=O)C2(CCN(C(=O)c3ccccc3OCC(=O)O)CC2)C[C@H]1Cc1cccc(F)c1. The van der Waals surface area contributed by atoms with E-state index in [4.69, 9.17) is 9.84 Å². The van der Waals surface area contributed by atoms with Gasteiger partial charge in [0.2, 0.25) is 5.91 Å². The average molecular weight is 497 g/mol. The molecule has 0 radical (unpaired) electrons. The maximum atomic E-state index is 13.8. The lowest BCUT2D eigenvalue weighted by atomic mass is 9.75. The predicted molar refractivity (Wildman–Crippen MR) is 132 cm³/mol. The van der Waals surface area contributed by atoms with Crippen LogP contribution in [0.25, 0.3) is 0 Å². The minimum atomic E-state index is -1.12. The topological polar surface area (TPSA) is 87.2 Å². The van der Waals surface area contributed by atoms with E-state index in [0.717, 1.165) is 5.56 Å². The molecule has 1 atom stereocenters. The molecule has 2 heterocycles. The second-order valence-corrected chi connectivity index (χ2v) is 10.3. The minimum Gasteiger partial charge on any atom is -0.481 e. The second kappa shape index (κ2) is 10.7. The number of carboxylic acids is 1. The van der Waals surface area contributed by atoms with Gasteiger partial charge >= 0.3 is 5.97 Å². The Morgan fingerprint density at radius 2 is 1.86 bits per heavy atom. The highest BCUT2D eigenvalue weighted by atomic mass is 19.1. The number of aliphatic carboxylic acids is 1. The summed E-state index contributed by atoms with van der Waals surface area (Å²) in [4.78, 5) is 41.6. The molecular weight excluding hydrogens is 463 g/mol. The predicted octanol–water partition coefficient (Wildman–Crippen LogP) is 4.01. The molecule has 0 aliphatic carbocycles. The van der Waals surface area contributed by atoms with Crippen LogP contribution in [0.2, 0.25) is 0 Å². The number of halogens is 1. The van der Waals surface area contributed by atoms with Crippen LogP contribution in [0.5, 0.6) is 5.75 Å². The summed E-state index contributed by atoms with van der Waals surface area (Å²) < 4.78 is 19.1. The molecule has 1 spiro atoms. The van der Waals surface area contributed by atoms with Crippen molar-refractivity contribution in [2.24, 2.45) is 11.3 Å². The zero-order chi connectivity index (χ0) is 25.9. The quantitative estimate of drug-likeness (QED) is 0.597. The molecule has 1 N–H and O–H groups in total. The third-order valence-corrected chi connectivity index (χ3v) is 7.18. The number of benzene rings is 2. The molecule has 0 aromatic heterocycles. The van der Waals surface area contributed by atoms with Gasteiger partial charge in [-0.25, -0.2) is 9.18 Å². The smallest absolute Gasteiger partial charge is 0.341 e. The van der Waals surface area contributed by atoms with Crippen LogP contribution < -0.4 is 4.74 Å². The molecule has 2 saturated heterocycles. The number of carbonyl (C=O) groups excluding carboxylic acids is 2. The van der Waals surface area contributed by atoms with E-state index >= 15 is 0 Å². The Morgan fingerprint density at radius 3 is 2.53 bits per heavy atom. The van der Waals surface area contributed by atoms with Crippen LogP contribution in [0.1, 0.15) is 49.0 Å². The number of rotatable bonds is 8. The molecule has 0 unspecified atom stereocenters. The molecule has 2 amide bonds. The van der Waals surface area contributed by atoms with Crippen molar-refractivity contribution in [3.05, 3.63) is 65.5 Å². The molecule has 4 rings (SSSR count). The Balaban J connectivity index is 1.48. The number of nitrogens with zero attached hydrogens (tertiary/aromatic N) is 2. The number of hydrogen-bond donors (Lipinski definition) is 1. The van der Waals surface area contributed by atoms with Crippen molar-refractivity contribution >= 4 is 17.8 Å². The molecule has 0 saturated carbocycles. The summed E-state index contributed by atoms with van der Waals surface area (Å²) in [5.74, 6) is -0.943. The van der Waals surface area contributed by atoms with Crippen molar-refractivity contribution in [3.8, 4) is 5.75 Å². The van der Waals surface area contributed by atoms with Gasteiger partial charge in [0.15, 0.2) is 6.61 Å². The standard InChI is InChI=1S/C28H33FN2O5/c1-19(2)17-31-22(15-20-6-5-7-21(29)14-20)16-28(27(31)35)10-12-30(13-11-28)26(34)23-8-3-4-9-24(23)36-18-25(32)33/h3-9,14,19,22H,10-13,15-18H2,1-2H3,(H,32,33)/t22-/m1/s1. The number of amides is 2. The largest absolute Gasteiger partial charge is 0.481 e. The van der Waals surface area contributed by atoms with Crippen molar-refractivity contribution in [1.82, 2.24) is 9.80 Å². The number of carbonyl (C=O) groups is 3. The van der Waals surface area contributed by atoms with Gasteiger partial charge < -0.3 is 19.6 Å². The second-order valence-electron chi connectivity index (χ2n) is 10.3. The first-order valence-electron chi connectivity index (χ1n) is 12.5. The van der Waals surface area contributed by atoms with E-state index in [1.165, 1.54) is 12.1 Å². The van der Waals surface area contributed by atoms with E-state index < -0.39 is 18.0 Å². The fourth-order valence-corrected chi connectivity index (χ4v) is 5.50. The number of likely N-dealkylation sites (tertiary alicyclic amines) is 2. The van der Waals surface area contributed by atoms with E-state index in [-0.39, 0.29) is 29.4 Å². The average Bonchev–Trinajstić information content (AvgIpc) is 3.08. The highest BCUT2D eigenvalue weighted by molar-refractivity contribution is 5.97. The minimum absolute atomic E-state index is 0.00547. The lowest BCUT2D eigenvalue weighted by molar-refractivity contribution is -0.140. The van der Waals surface area contributed by atoms with Crippen LogP contribution in [0, 0.1) is 17.2 Å². The van der Waals surface area contributed by atoms with E-state index in [0.29, 0.717) is 56.8 Å². The van der Waals surface area contributed by atoms with E-state index in [2.05, 4.69) is 13.8 Å². The highest BCUT2D eigenvalue weighted by Crippen LogP contribution is 2.46. The van der Waals surface area contributed by atoms with Crippen molar-refractivity contribution in [2.45, 2.75) is 45.6 Å². The highest BCUT2D eigenvalue weighted by Gasteiger charge is 2.52. The summed E-state index contributed by atoms with van der Waals surface area (Å²) in [5, 5.41) is 8.92. The number of ether oxygens (including phenoxy) is 1. The maximum absolute atomic E-state index is 13.8. The third kappa shape index (κ3) is 5.53. The Labute approximate surface area is 210 Å². The molecule has 0 bridgehead atoms. The van der Waals surface area contributed by atoms with Crippen molar-refractivity contribution < 1.29 is 28.6 Å². The van der Waals surface area contributed by atoms with Crippen molar-refractivity contribution in [1.29, 1.82) is 0 Å². The summed E-state index contributed by atoms with van der Waals surface area (Å²) in [6.45, 7) is 5.16. The van der Waals surface area contributed by atoms with Gasteiger partial charge in [0.05, 0.1) is 11.0 Å². The lowest BCUT2D eigenvalue weighted by Gasteiger charge is -2.38. The van der Waals surface area contributed by atoms with Crippen molar-refractivity contribution in [2.75, 3.05) is 26.2 Å². The molecular formula is C28H33FN2O5. The molecule has 2 aromatic rings. The van der Waals surface area contributed by atoms with Crippen LogP contribution in [0.15, 0.2) is 48.5 Å². The van der Waals surface area contributed by atoms with E-state index in [1.54, 1.807) is 35.2 Å². The Bertz CT molecular complexity index is 1130. The molecule has 8 heteroatoms. The van der Waals surface area contributed by atoms with E-state index in [1.807, 2.05) is 11.0 Å². The van der Waals surface area contributed by atoms with E-state index in [9.17, 15) is 18.8 Å². The number of hydrogen-bond acceptors (Lipinski definition) is 4. The van der Waals surface area contributed by atoms with Gasteiger partial charge in [-0.1, -0.05) is 38.1 Å². The van der Waals surface area contributed by atoms with Gasteiger partial charge in [-0.3, -0.25) is 9.59 Å². The van der Waals surface area contributed by atoms with Gasteiger partial charge in [-0.05, 0) is 61.4 Å². The number of carboxylic acid groups (broad SMARTS) is 1.